The average Bonchev–Trinajstić information content (AvgIpc) is 3.19. The van der Waals surface area contributed by atoms with E-state index in [1.165, 1.54) is 11.1 Å². The molecule has 1 amide bonds. The molecule has 2 aromatic carbocycles. The summed E-state index contributed by atoms with van der Waals surface area (Å²) >= 11 is 3.50. The van der Waals surface area contributed by atoms with Crippen LogP contribution in [0.15, 0.2) is 58.7 Å². The van der Waals surface area contributed by atoms with Gasteiger partial charge >= 0.3 is 0 Å². The number of rotatable bonds is 1. The van der Waals surface area contributed by atoms with Crippen LogP contribution in [0.5, 0.6) is 0 Å². The van der Waals surface area contributed by atoms with Gasteiger partial charge in [-0.2, -0.15) is 5.01 Å². The number of carbonyl (C=O) groups is 1. The Morgan fingerprint density at radius 3 is 2.62 bits per heavy atom. The predicted molar refractivity (Wildman–Crippen MR) is 106 cm³/mol. The van der Waals surface area contributed by atoms with E-state index in [0.29, 0.717) is 12.3 Å². The molecule has 3 nitrogen and oxygen atoms in total. The number of amides is 1. The Morgan fingerprint density at radius 1 is 1.12 bits per heavy atom. The highest BCUT2D eigenvalue weighted by Gasteiger charge is 2.59. The van der Waals surface area contributed by atoms with Crippen molar-refractivity contribution in [2.45, 2.75) is 38.3 Å². The molecular weight excluding hydrogens is 388 g/mol. The molecule has 4 heteroatoms. The van der Waals surface area contributed by atoms with Gasteiger partial charge in [0.1, 0.15) is 0 Å². The lowest BCUT2D eigenvalue weighted by atomic mass is 9.92. The van der Waals surface area contributed by atoms with E-state index >= 15 is 0 Å². The Hall–Kier alpha value is -1.91. The molecule has 2 unspecified atom stereocenters. The molecule has 0 N–H and O–H groups in total. The summed E-state index contributed by atoms with van der Waals surface area (Å²) in [6.45, 7) is 4.37. The molecular formula is C22H21BrN2O. The Morgan fingerprint density at radius 2 is 1.85 bits per heavy atom. The van der Waals surface area contributed by atoms with Crippen molar-refractivity contribution in [3.63, 3.8) is 0 Å². The molecule has 26 heavy (non-hydrogen) atoms. The summed E-state index contributed by atoms with van der Waals surface area (Å²) in [6, 6.07) is 17.3. The van der Waals surface area contributed by atoms with Gasteiger partial charge in [-0.3, -0.25) is 4.79 Å². The van der Waals surface area contributed by atoms with E-state index < -0.39 is 0 Å². The van der Waals surface area contributed by atoms with Crippen LogP contribution in [0.25, 0.3) is 6.08 Å². The SMILES string of the molecule is CC1(C)CC(=O)N2/C(=C/c3ccc(Br)cc3)C3Cc4ccccc4C3N21. The maximum absolute atomic E-state index is 12.9. The first kappa shape index (κ1) is 16.3. The van der Waals surface area contributed by atoms with Crippen LogP contribution in [0, 0.1) is 5.92 Å². The average molecular weight is 409 g/mol. The van der Waals surface area contributed by atoms with Crippen molar-refractivity contribution < 1.29 is 4.79 Å². The maximum atomic E-state index is 12.9. The fraction of sp³-hybridized carbons (Fsp3) is 0.318. The summed E-state index contributed by atoms with van der Waals surface area (Å²) < 4.78 is 1.07. The predicted octanol–water partition coefficient (Wildman–Crippen LogP) is 4.95. The summed E-state index contributed by atoms with van der Waals surface area (Å²) in [4.78, 5) is 12.9. The van der Waals surface area contributed by atoms with E-state index in [-0.39, 0.29) is 17.5 Å². The quantitative estimate of drug-likeness (QED) is 0.666. The second-order valence-corrected chi connectivity index (χ2v) is 9.03. The topological polar surface area (TPSA) is 23.6 Å². The molecule has 0 spiro atoms. The van der Waals surface area contributed by atoms with E-state index in [9.17, 15) is 4.79 Å². The zero-order chi connectivity index (χ0) is 18.1. The molecule has 132 valence electrons. The van der Waals surface area contributed by atoms with Crippen molar-refractivity contribution in [3.8, 4) is 0 Å². The number of halogens is 1. The molecule has 2 heterocycles. The lowest BCUT2D eigenvalue weighted by Crippen LogP contribution is -2.43. The zero-order valence-electron chi connectivity index (χ0n) is 14.9. The van der Waals surface area contributed by atoms with Gasteiger partial charge in [0.05, 0.1) is 6.04 Å². The number of fused-ring (bicyclic) bond motifs is 5. The van der Waals surface area contributed by atoms with Gasteiger partial charge in [0, 0.05) is 28.0 Å². The van der Waals surface area contributed by atoms with Crippen LogP contribution in [-0.4, -0.2) is 21.5 Å². The van der Waals surface area contributed by atoms with Gasteiger partial charge < -0.3 is 0 Å². The normalized spacial score (nSPS) is 27.7. The first-order valence-corrected chi connectivity index (χ1v) is 9.92. The van der Waals surface area contributed by atoms with Gasteiger partial charge in [0.2, 0.25) is 5.91 Å². The molecule has 2 aliphatic heterocycles. The summed E-state index contributed by atoms with van der Waals surface area (Å²) in [5.74, 6) is 0.546. The van der Waals surface area contributed by atoms with Crippen molar-refractivity contribution >= 4 is 27.9 Å². The first-order valence-electron chi connectivity index (χ1n) is 9.13. The largest absolute Gasteiger partial charge is 0.273 e. The van der Waals surface area contributed by atoms with Gasteiger partial charge in [-0.15, -0.1) is 0 Å². The molecule has 0 aromatic heterocycles. The van der Waals surface area contributed by atoms with E-state index in [4.69, 9.17) is 0 Å². The summed E-state index contributed by atoms with van der Waals surface area (Å²) in [7, 11) is 0. The fourth-order valence-electron chi connectivity index (χ4n) is 4.88. The van der Waals surface area contributed by atoms with Crippen molar-refractivity contribution in [2.24, 2.45) is 5.92 Å². The third-order valence-electron chi connectivity index (χ3n) is 5.92. The molecule has 2 saturated heterocycles. The Balaban J connectivity index is 1.67. The van der Waals surface area contributed by atoms with E-state index in [1.54, 1.807) is 0 Å². The standard InChI is InChI=1S/C22H21BrN2O/c1-22(2)13-20(26)24-19(11-14-7-9-16(23)10-8-14)18-12-15-5-3-4-6-17(15)21(18)25(22)24/h3-11,18,21H,12-13H2,1-2H3/b19-11+. The number of hydrogen-bond donors (Lipinski definition) is 0. The number of benzene rings is 2. The number of carbonyl (C=O) groups excluding carboxylic acids is 1. The third-order valence-corrected chi connectivity index (χ3v) is 6.45. The zero-order valence-corrected chi connectivity index (χ0v) is 16.5. The molecule has 2 atom stereocenters. The number of hydrazine groups is 1. The Bertz CT molecular complexity index is 931. The molecule has 3 aliphatic rings. The lowest BCUT2D eigenvalue weighted by molar-refractivity contribution is -0.134. The third kappa shape index (κ3) is 2.25. The van der Waals surface area contributed by atoms with Crippen molar-refractivity contribution in [1.29, 1.82) is 0 Å². The van der Waals surface area contributed by atoms with Gasteiger partial charge in [-0.25, -0.2) is 5.01 Å². The summed E-state index contributed by atoms with van der Waals surface area (Å²) in [5.41, 5.74) is 4.91. The van der Waals surface area contributed by atoms with Crippen LogP contribution in [0.1, 0.15) is 43.0 Å². The van der Waals surface area contributed by atoms with Crippen LogP contribution < -0.4 is 0 Å². The monoisotopic (exact) mass is 408 g/mol. The van der Waals surface area contributed by atoms with Gasteiger partial charge in [-0.1, -0.05) is 52.3 Å². The minimum Gasteiger partial charge on any atom is -0.273 e. The van der Waals surface area contributed by atoms with Crippen molar-refractivity contribution in [3.05, 3.63) is 75.4 Å². The maximum Gasteiger partial charge on any atom is 0.243 e. The van der Waals surface area contributed by atoms with E-state index in [0.717, 1.165) is 22.2 Å². The highest BCUT2D eigenvalue weighted by Crippen LogP contribution is 2.57. The number of nitrogens with zero attached hydrogens (tertiary/aromatic N) is 2. The smallest absolute Gasteiger partial charge is 0.243 e. The summed E-state index contributed by atoms with van der Waals surface area (Å²) in [5, 5.41) is 4.32. The van der Waals surface area contributed by atoms with Gasteiger partial charge in [0.25, 0.3) is 0 Å². The second kappa shape index (κ2) is 5.54. The van der Waals surface area contributed by atoms with Crippen LogP contribution in [0.4, 0.5) is 0 Å². The Kier molecular flexibility index (Phi) is 3.47. The second-order valence-electron chi connectivity index (χ2n) is 8.11. The highest BCUT2D eigenvalue weighted by molar-refractivity contribution is 9.10. The molecule has 2 aromatic rings. The molecule has 1 aliphatic carbocycles. The van der Waals surface area contributed by atoms with E-state index in [2.05, 4.69) is 89.4 Å². The summed E-state index contributed by atoms with van der Waals surface area (Å²) in [6.07, 6.45) is 3.77. The van der Waals surface area contributed by atoms with Crippen LogP contribution >= 0.6 is 15.9 Å². The molecule has 0 bridgehead atoms. The number of hydrogen-bond acceptors (Lipinski definition) is 2. The van der Waals surface area contributed by atoms with Gasteiger partial charge in [-0.05, 0) is 55.2 Å². The van der Waals surface area contributed by atoms with E-state index in [1.807, 2.05) is 5.01 Å². The first-order chi connectivity index (χ1) is 12.5. The van der Waals surface area contributed by atoms with Crippen LogP contribution in [0.2, 0.25) is 0 Å². The molecule has 5 rings (SSSR count). The molecule has 2 fully saturated rings. The lowest BCUT2D eigenvalue weighted by Gasteiger charge is -2.35. The minimum atomic E-state index is -0.160. The molecule has 0 radical (unpaired) electrons. The fourth-order valence-corrected chi connectivity index (χ4v) is 5.15. The van der Waals surface area contributed by atoms with Crippen molar-refractivity contribution in [1.82, 2.24) is 10.0 Å². The molecule has 0 saturated carbocycles. The van der Waals surface area contributed by atoms with Crippen molar-refractivity contribution in [2.75, 3.05) is 0 Å². The highest BCUT2D eigenvalue weighted by atomic mass is 79.9. The minimum absolute atomic E-state index is 0.160. The van der Waals surface area contributed by atoms with Crippen LogP contribution in [-0.2, 0) is 11.2 Å². The van der Waals surface area contributed by atoms with Crippen LogP contribution in [0.3, 0.4) is 0 Å². The van der Waals surface area contributed by atoms with Gasteiger partial charge in [0.15, 0.2) is 0 Å². The Labute approximate surface area is 162 Å².